The molecule has 236 valence electrons. The number of benzene rings is 1. The number of carbonyl (C=O) groups excluding carboxylic acids is 2. The minimum atomic E-state index is -0.334. The molecule has 1 aromatic rings. The number of likely N-dealkylation sites (tertiary alicyclic amines) is 1. The second kappa shape index (κ2) is 11.7. The van der Waals surface area contributed by atoms with Crippen molar-refractivity contribution in [3.8, 4) is 11.5 Å². The zero-order chi connectivity index (χ0) is 29.9. The van der Waals surface area contributed by atoms with E-state index in [9.17, 15) is 14.7 Å². The maximum Gasteiger partial charge on any atom is 0.308 e. The molecule has 1 aromatic carbocycles. The zero-order valence-corrected chi connectivity index (χ0v) is 26.6. The van der Waals surface area contributed by atoms with Gasteiger partial charge in [-0.2, -0.15) is 0 Å². The molecular formula is C36H52N2O5. The van der Waals surface area contributed by atoms with Crippen molar-refractivity contribution in [3.05, 3.63) is 23.3 Å². The average Bonchev–Trinajstić information content (AvgIpc) is 3.56. The van der Waals surface area contributed by atoms with Crippen molar-refractivity contribution in [2.45, 2.75) is 146 Å². The standard InChI is InChI=1S/C36H52N2O5/c1-22(2)38(32(41)12-8-7-11-24-9-5-4-6-10-24)28-15-14-27-29-19-25-13-16-31(42-23(3)39)34-33(25)36(27,35(28)43-34)17-18-37(29)21-26-20-30(26)40/h13,16,22,24,26-30,35,40H,4-12,14-15,17-21H2,1-3H3/t26?,27-,28+,29+,30?,35-,36-/m0/s1. The van der Waals surface area contributed by atoms with Crippen LogP contribution in [0.25, 0.3) is 0 Å². The monoisotopic (exact) mass is 592 g/mol. The Balaban J connectivity index is 1.16. The molecule has 2 heterocycles. The molecule has 1 saturated heterocycles. The minimum absolute atomic E-state index is 0.00285. The van der Waals surface area contributed by atoms with E-state index in [0.717, 1.165) is 69.7 Å². The highest BCUT2D eigenvalue weighted by atomic mass is 16.6. The summed E-state index contributed by atoms with van der Waals surface area (Å²) in [7, 11) is 0. The lowest BCUT2D eigenvalue weighted by atomic mass is 9.51. The van der Waals surface area contributed by atoms with Gasteiger partial charge in [0.25, 0.3) is 0 Å². The van der Waals surface area contributed by atoms with Crippen molar-refractivity contribution in [2.24, 2.45) is 17.8 Å². The van der Waals surface area contributed by atoms with Gasteiger partial charge in [-0.05, 0) is 82.4 Å². The van der Waals surface area contributed by atoms with Crippen LogP contribution in [0.5, 0.6) is 11.5 Å². The highest BCUT2D eigenvalue weighted by molar-refractivity contribution is 5.77. The Morgan fingerprint density at radius 3 is 2.65 bits per heavy atom. The van der Waals surface area contributed by atoms with E-state index in [0.29, 0.717) is 30.0 Å². The molecule has 1 amide bonds. The Morgan fingerprint density at radius 1 is 1.14 bits per heavy atom. The zero-order valence-electron chi connectivity index (χ0n) is 26.6. The summed E-state index contributed by atoms with van der Waals surface area (Å²) in [6.45, 7) is 7.72. The smallest absolute Gasteiger partial charge is 0.308 e. The molecule has 0 aromatic heterocycles. The van der Waals surface area contributed by atoms with Crippen LogP contribution in [0.3, 0.4) is 0 Å². The van der Waals surface area contributed by atoms with Crippen LogP contribution in [0.4, 0.5) is 0 Å². The summed E-state index contributed by atoms with van der Waals surface area (Å²) in [5.41, 5.74) is 2.39. The lowest BCUT2D eigenvalue weighted by Crippen LogP contribution is -2.69. The Hall–Kier alpha value is -2.12. The predicted molar refractivity (Wildman–Crippen MR) is 165 cm³/mol. The van der Waals surface area contributed by atoms with E-state index in [4.69, 9.17) is 9.47 Å². The summed E-state index contributed by atoms with van der Waals surface area (Å²) in [5.74, 6) is 2.90. The van der Waals surface area contributed by atoms with Gasteiger partial charge in [-0.25, -0.2) is 0 Å². The van der Waals surface area contributed by atoms with Crippen molar-refractivity contribution in [3.63, 3.8) is 0 Å². The molecule has 6 aliphatic rings. The van der Waals surface area contributed by atoms with Crippen LogP contribution in [-0.2, 0) is 21.4 Å². The van der Waals surface area contributed by atoms with E-state index in [1.807, 2.05) is 6.07 Å². The first-order valence-corrected chi connectivity index (χ1v) is 17.5. The third-order valence-electron chi connectivity index (χ3n) is 12.2. The van der Waals surface area contributed by atoms with Gasteiger partial charge >= 0.3 is 5.97 Å². The quantitative estimate of drug-likeness (QED) is 0.211. The second-order valence-electron chi connectivity index (χ2n) is 15.1. The summed E-state index contributed by atoms with van der Waals surface area (Å²) >= 11 is 0. The van der Waals surface area contributed by atoms with Crippen LogP contribution >= 0.6 is 0 Å². The fraction of sp³-hybridized carbons (Fsp3) is 0.778. The highest BCUT2D eigenvalue weighted by Gasteiger charge is 2.67. The van der Waals surface area contributed by atoms with E-state index >= 15 is 0 Å². The summed E-state index contributed by atoms with van der Waals surface area (Å²) in [6, 6.07) is 4.59. The predicted octanol–water partition coefficient (Wildman–Crippen LogP) is 5.78. The SMILES string of the molecule is CC(=O)Oc1ccc2c3c1O[C@H]1[C@H](N(C(=O)CCCCC4CCCCC4)C(C)C)CC[C@H]4[C@@H](C2)N(CC2CC2O)CC[C@@]341. The number of amides is 1. The Morgan fingerprint density at radius 2 is 1.93 bits per heavy atom. The molecule has 2 unspecified atom stereocenters. The molecule has 7 atom stereocenters. The van der Waals surface area contributed by atoms with Crippen molar-refractivity contribution >= 4 is 11.9 Å². The molecule has 7 heteroatoms. The normalized spacial score (nSPS) is 34.4. The fourth-order valence-corrected chi connectivity index (χ4v) is 10.2. The first-order valence-electron chi connectivity index (χ1n) is 17.5. The second-order valence-corrected chi connectivity index (χ2v) is 15.1. The van der Waals surface area contributed by atoms with Crippen molar-refractivity contribution < 1.29 is 24.2 Å². The van der Waals surface area contributed by atoms with Gasteiger partial charge < -0.3 is 19.5 Å². The number of esters is 1. The van der Waals surface area contributed by atoms with Crippen LogP contribution in [0.15, 0.2) is 12.1 Å². The van der Waals surface area contributed by atoms with Gasteiger partial charge in [0.05, 0.1) is 12.1 Å². The number of hydrogen-bond donors (Lipinski definition) is 1. The number of ether oxygens (including phenoxy) is 2. The number of piperidine rings is 1. The number of hydrogen-bond acceptors (Lipinski definition) is 6. The van der Waals surface area contributed by atoms with Gasteiger partial charge in [-0.15, -0.1) is 0 Å². The molecule has 7 rings (SSSR count). The minimum Gasteiger partial charge on any atom is -0.483 e. The summed E-state index contributed by atoms with van der Waals surface area (Å²) in [5, 5.41) is 10.1. The van der Waals surface area contributed by atoms with Gasteiger partial charge in [0.2, 0.25) is 5.91 Å². The molecule has 1 spiro atoms. The number of aliphatic hydroxyl groups is 1. The number of rotatable bonds is 10. The van der Waals surface area contributed by atoms with Gasteiger partial charge in [-0.1, -0.05) is 51.0 Å². The Kier molecular flexibility index (Phi) is 8.03. The number of aliphatic hydroxyl groups excluding tert-OH is 1. The topological polar surface area (TPSA) is 79.3 Å². The van der Waals surface area contributed by atoms with E-state index in [-0.39, 0.29) is 41.6 Å². The molecule has 0 radical (unpaired) electrons. The Labute approximate surface area is 257 Å². The van der Waals surface area contributed by atoms with Crippen molar-refractivity contribution in [1.29, 1.82) is 0 Å². The van der Waals surface area contributed by atoms with E-state index in [1.165, 1.54) is 56.6 Å². The first-order chi connectivity index (χ1) is 20.8. The van der Waals surface area contributed by atoms with Gasteiger partial charge in [0.15, 0.2) is 11.5 Å². The molecule has 7 nitrogen and oxygen atoms in total. The molecular weight excluding hydrogens is 540 g/mol. The number of unbranched alkanes of at least 4 members (excludes halogenated alkanes) is 1. The van der Waals surface area contributed by atoms with Crippen molar-refractivity contribution in [2.75, 3.05) is 13.1 Å². The highest BCUT2D eigenvalue weighted by Crippen LogP contribution is 2.64. The summed E-state index contributed by atoms with van der Waals surface area (Å²) < 4.78 is 12.8. The van der Waals surface area contributed by atoms with Crippen molar-refractivity contribution in [1.82, 2.24) is 9.80 Å². The van der Waals surface area contributed by atoms with Crippen LogP contribution in [0.1, 0.15) is 115 Å². The molecule has 3 saturated carbocycles. The fourth-order valence-electron chi connectivity index (χ4n) is 10.2. The van der Waals surface area contributed by atoms with E-state index < -0.39 is 0 Å². The van der Waals surface area contributed by atoms with Crippen LogP contribution < -0.4 is 9.47 Å². The third-order valence-corrected chi connectivity index (χ3v) is 12.2. The lowest BCUT2D eigenvalue weighted by Gasteiger charge is -2.61. The number of nitrogens with zero attached hydrogens (tertiary/aromatic N) is 2. The van der Waals surface area contributed by atoms with Crippen LogP contribution in [0.2, 0.25) is 0 Å². The van der Waals surface area contributed by atoms with Crippen LogP contribution in [0, 0.1) is 17.8 Å². The summed E-state index contributed by atoms with van der Waals surface area (Å²) in [6.07, 6.45) is 15.5. The lowest BCUT2D eigenvalue weighted by molar-refractivity contribution is -0.146. The molecule has 4 aliphatic carbocycles. The molecule has 43 heavy (non-hydrogen) atoms. The maximum absolute atomic E-state index is 14.0. The average molecular weight is 593 g/mol. The third kappa shape index (κ3) is 5.20. The van der Waals surface area contributed by atoms with Gasteiger partial charge in [0.1, 0.15) is 6.10 Å². The summed E-state index contributed by atoms with van der Waals surface area (Å²) in [4.78, 5) is 31.0. The van der Waals surface area contributed by atoms with Crippen LogP contribution in [-0.4, -0.2) is 70.2 Å². The number of carbonyl (C=O) groups is 2. The molecule has 4 fully saturated rings. The molecule has 1 N–H and O–H groups in total. The van der Waals surface area contributed by atoms with Gasteiger partial charge in [0, 0.05) is 48.9 Å². The molecule has 2 aliphatic heterocycles. The van der Waals surface area contributed by atoms with E-state index in [1.54, 1.807) is 0 Å². The van der Waals surface area contributed by atoms with Gasteiger partial charge in [-0.3, -0.25) is 14.5 Å². The Bertz CT molecular complexity index is 1230. The van der Waals surface area contributed by atoms with E-state index in [2.05, 4.69) is 29.7 Å². The maximum atomic E-state index is 14.0. The first kappa shape index (κ1) is 29.6. The molecule has 2 bridgehead atoms. The largest absolute Gasteiger partial charge is 0.483 e.